The topological polar surface area (TPSA) is 47.6 Å². The molecule has 0 amide bonds. The maximum absolute atomic E-state index is 13.7. The van der Waals surface area contributed by atoms with Crippen LogP contribution in [0.3, 0.4) is 0 Å². The lowest BCUT2D eigenvalue weighted by Gasteiger charge is -2.34. The molecule has 0 saturated carbocycles. The lowest BCUT2D eigenvalue weighted by Crippen LogP contribution is -2.38. The van der Waals surface area contributed by atoms with E-state index in [1.54, 1.807) is 6.07 Å². The third kappa shape index (κ3) is 3.97. The van der Waals surface area contributed by atoms with E-state index in [9.17, 15) is 9.18 Å². The third-order valence-electron chi connectivity index (χ3n) is 4.34. The van der Waals surface area contributed by atoms with Crippen LogP contribution in [-0.4, -0.2) is 32.8 Å². The molecule has 0 atom stereocenters. The lowest BCUT2D eigenvalue weighted by atomic mass is 9.76. The number of hydrogen-bond acceptors (Lipinski definition) is 4. The summed E-state index contributed by atoms with van der Waals surface area (Å²) in [7, 11) is 1.43. The van der Waals surface area contributed by atoms with Gasteiger partial charge in [-0.2, -0.15) is 0 Å². The summed E-state index contributed by atoms with van der Waals surface area (Å²) < 4.78 is 24.1. The summed E-state index contributed by atoms with van der Waals surface area (Å²) in [4.78, 5) is 12.1. The molecule has 1 N–H and O–H groups in total. The minimum absolute atomic E-state index is 0.155. The fourth-order valence-corrected chi connectivity index (χ4v) is 2.95. The Kier molecular flexibility index (Phi) is 5.77. The highest BCUT2D eigenvalue weighted by atomic mass is 19.1. The van der Waals surface area contributed by atoms with Gasteiger partial charge in [-0.1, -0.05) is 6.07 Å². The zero-order chi connectivity index (χ0) is 16.0. The van der Waals surface area contributed by atoms with Crippen LogP contribution < -0.4 is 5.32 Å². The Morgan fingerprint density at radius 1 is 1.41 bits per heavy atom. The molecular weight excluding hydrogens is 285 g/mol. The second kappa shape index (κ2) is 7.58. The van der Waals surface area contributed by atoms with Gasteiger partial charge in [-0.3, -0.25) is 4.79 Å². The molecule has 0 spiro atoms. The molecule has 1 aliphatic rings. The zero-order valence-electron chi connectivity index (χ0n) is 13.3. The van der Waals surface area contributed by atoms with Crippen LogP contribution in [0, 0.1) is 18.2 Å². The van der Waals surface area contributed by atoms with Crippen LogP contribution in [0.15, 0.2) is 18.2 Å². The number of halogens is 1. The first kappa shape index (κ1) is 16.7. The van der Waals surface area contributed by atoms with Gasteiger partial charge in [-0.15, -0.1) is 0 Å². The molecule has 1 fully saturated rings. The summed E-state index contributed by atoms with van der Waals surface area (Å²) in [5.41, 5.74) is 0.958. The van der Waals surface area contributed by atoms with E-state index in [1.165, 1.54) is 13.2 Å². The zero-order valence-corrected chi connectivity index (χ0v) is 13.3. The van der Waals surface area contributed by atoms with Crippen molar-refractivity contribution in [2.24, 2.45) is 5.41 Å². The molecule has 1 saturated heterocycles. The van der Waals surface area contributed by atoms with E-state index in [4.69, 9.17) is 9.47 Å². The predicted molar refractivity (Wildman–Crippen MR) is 83.4 cm³/mol. The number of hydrogen-bond donors (Lipinski definition) is 1. The van der Waals surface area contributed by atoms with Gasteiger partial charge in [0.25, 0.3) is 0 Å². The van der Waals surface area contributed by atoms with Crippen molar-refractivity contribution in [3.8, 4) is 0 Å². The highest BCUT2D eigenvalue weighted by molar-refractivity contribution is 5.76. The van der Waals surface area contributed by atoms with E-state index in [-0.39, 0.29) is 11.8 Å². The fraction of sp³-hybridized carbons (Fsp3) is 0.588. The SMILES string of the molecule is COC(=O)C1(CCCNc2ccc(C)cc2F)CCOCC1. The van der Waals surface area contributed by atoms with E-state index >= 15 is 0 Å². The maximum atomic E-state index is 13.7. The molecule has 1 aliphatic heterocycles. The summed E-state index contributed by atoms with van der Waals surface area (Å²) in [6.45, 7) is 3.67. The molecule has 0 aliphatic carbocycles. The Morgan fingerprint density at radius 3 is 2.77 bits per heavy atom. The first-order chi connectivity index (χ1) is 10.6. The lowest BCUT2D eigenvalue weighted by molar-refractivity contribution is -0.159. The molecule has 4 nitrogen and oxygen atoms in total. The quantitative estimate of drug-likeness (QED) is 0.647. The number of esters is 1. The number of methoxy groups -OCH3 is 1. The Labute approximate surface area is 131 Å². The summed E-state index contributed by atoms with van der Waals surface area (Å²) in [6, 6.07) is 5.13. The monoisotopic (exact) mass is 309 g/mol. The highest BCUT2D eigenvalue weighted by Gasteiger charge is 2.40. The van der Waals surface area contributed by atoms with E-state index in [2.05, 4.69) is 5.32 Å². The molecule has 2 rings (SSSR count). The van der Waals surface area contributed by atoms with E-state index in [1.807, 2.05) is 13.0 Å². The van der Waals surface area contributed by atoms with Gasteiger partial charge in [0.05, 0.1) is 18.2 Å². The minimum atomic E-state index is -0.444. The smallest absolute Gasteiger partial charge is 0.311 e. The van der Waals surface area contributed by atoms with Gasteiger partial charge in [0.15, 0.2) is 0 Å². The van der Waals surface area contributed by atoms with Crippen molar-refractivity contribution < 1.29 is 18.7 Å². The number of ether oxygens (including phenoxy) is 2. The Hall–Kier alpha value is -1.62. The van der Waals surface area contributed by atoms with Crippen molar-refractivity contribution in [3.63, 3.8) is 0 Å². The van der Waals surface area contributed by atoms with Gasteiger partial charge >= 0.3 is 5.97 Å². The van der Waals surface area contributed by atoms with Crippen molar-refractivity contribution in [2.45, 2.75) is 32.6 Å². The largest absolute Gasteiger partial charge is 0.469 e. The van der Waals surface area contributed by atoms with Gasteiger partial charge in [-0.05, 0) is 50.3 Å². The molecule has 22 heavy (non-hydrogen) atoms. The molecule has 1 aromatic carbocycles. The van der Waals surface area contributed by atoms with Crippen molar-refractivity contribution in [1.29, 1.82) is 0 Å². The van der Waals surface area contributed by atoms with Crippen molar-refractivity contribution in [1.82, 2.24) is 0 Å². The third-order valence-corrected chi connectivity index (χ3v) is 4.34. The average Bonchev–Trinajstić information content (AvgIpc) is 2.53. The minimum Gasteiger partial charge on any atom is -0.469 e. The number of carbonyl (C=O) groups is 1. The number of anilines is 1. The van der Waals surface area contributed by atoms with Gasteiger partial charge in [-0.25, -0.2) is 4.39 Å². The van der Waals surface area contributed by atoms with E-state index < -0.39 is 5.41 Å². The molecule has 0 aromatic heterocycles. The number of benzene rings is 1. The predicted octanol–water partition coefficient (Wildman–Crippen LogP) is 3.30. The van der Waals surface area contributed by atoms with Crippen LogP contribution in [0.5, 0.6) is 0 Å². The van der Waals surface area contributed by atoms with Gasteiger partial charge in [0, 0.05) is 19.8 Å². The first-order valence-corrected chi connectivity index (χ1v) is 7.74. The highest BCUT2D eigenvalue weighted by Crippen LogP contribution is 2.36. The molecule has 122 valence electrons. The maximum Gasteiger partial charge on any atom is 0.311 e. The Bertz CT molecular complexity index is 513. The van der Waals surface area contributed by atoms with Crippen LogP contribution in [0.1, 0.15) is 31.2 Å². The number of nitrogens with one attached hydrogen (secondary N) is 1. The van der Waals surface area contributed by atoms with Crippen LogP contribution in [0.25, 0.3) is 0 Å². The van der Waals surface area contributed by atoms with Gasteiger partial charge < -0.3 is 14.8 Å². The second-order valence-corrected chi connectivity index (χ2v) is 5.90. The summed E-state index contributed by atoms with van der Waals surface area (Å²) >= 11 is 0. The first-order valence-electron chi connectivity index (χ1n) is 7.74. The van der Waals surface area contributed by atoms with E-state index in [0.717, 1.165) is 18.4 Å². The second-order valence-electron chi connectivity index (χ2n) is 5.90. The average molecular weight is 309 g/mol. The molecule has 0 radical (unpaired) electrons. The van der Waals surface area contributed by atoms with Gasteiger partial charge in [0.2, 0.25) is 0 Å². The Morgan fingerprint density at radius 2 is 2.14 bits per heavy atom. The normalized spacial score (nSPS) is 17.0. The van der Waals surface area contributed by atoms with Crippen molar-refractivity contribution >= 4 is 11.7 Å². The molecular formula is C17H24FNO3. The molecule has 1 heterocycles. The number of aryl methyl sites for hydroxylation is 1. The molecule has 5 heteroatoms. The Balaban J connectivity index is 1.86. The molecule has 0 bridgehead atoms. The van der Waals surface area contributed by atoms with Crippen molar-refractivity contribution in [2.75, 3.05) is 32.2 Å². The standard InChI is InChI=1S/C17H24FNO3/c1-13-4-5-15(14(18)12-13)19-9-3-6-17(16(20)21-2)7-10-22-11-8-17/h4-5,12,19H,3,6-11H2,1-2H3. The van der Waals surface area contributed by atoms with Crippen LogP contribution in [-0.2, 0) is 14.3 Å². The molecule has 0 unspecified atom stereocenters. The van der Waals surface area contributed by atoms with Gasteiger partial charge in [0.1, 0.15) is 5.82 Å². The summed E-state index contributed by atoms with van der Waals surface area (Å²) in [5, 5.41) is 3.10. The number of rotatable bonds is 6. The fourth-order valence-electron chi connectivity index (χ4n) is 2.95. The summed E-state index contributed by atoms with van der Waals surface area (Å²) in [5.74, 6) is -0.397. The van der Waals surface area contributed by atoms with Crippen LogP contribution in [0.2, 0.25) is 0 Å². The number of carbonyl (C=O) groups excluding carboxylic acids is 1. The van der Waals surface area contributed by atoms with Crippen LogP contribution in [0.4, 0.5) is 10.1 Å². The summed E-state index contributed by atoms with van der Waals surface area (Å²) in [6.07, 6.45) is 2.89. The molecule has 1 aromatic rings. The van der Waals surface area contributed by atoms with E-state index in [0.29, 0.717) is 38.3 Å². The van der Waals surface area contributed by atoms with Crippen LogP contribution >= 0.6 is 0 Å². The van der Waals surface area contributed by atoms with Crippen molar-refractivity contribution in [3.05, 3.63) is 29.6 Å².